The lowest BCUT2D eigenvalue weighted by Crippen LogP contribution is -2.19. The molecular formula is C19H21N3O5. The van der Waals surface area contributed by atoms with Gasteiger partial charge in [0.15, 0.2) is 11.5 Å². The molecule has 0 saturated heterocycles. The number of nitrogens with one attached hydrogen (secondary N) is 2. The fourth-order valence-corrected chi connectivity index (χ4v) is 2.91. The Balaban J connectivity index is 1.77. The maximum Gasteiger partial charge on any atom is 0.340 e. The Morgan fingerprint density at radius 2 is 2.00 bits per heavy atom. The lowest BCUT2D eigenvalue weighted by Gasteiger charge is -2.05. The van der Waals surface area contributed by atoms with E-state index in [-0.39, 0.29) is 18.7 Å². The molecule has 1 aliphatic rings. The van der Waals surface area contributed by atoms with Gasteiger partial charge in [-0.15, -0.1) is 0 Å². The van der Waals surface area contributed by atoms with Crippen molar-refractivity contribution in [2.45, 2.75) is 27.7 Å². The van der Waals surface area contributed by atoms with E-state index in [0.717, 1.165) is 5.56 Å². The maximum atomic E-state index is 12.3. The Kier molecular flexibility index (Phi) is 5.16. The molecule has 1 aliphatic heterocycles. The zero-order valence-corrected chi connectivity index (χ0v) is 15.6. The van der Waals surface area contributed by atoms with Gasteiger partial charge in [0, 0.05) is 11.3 Å². The van der Waals surface area contributed by atoms with Crippen LogP contribution >= 0.6 is 0 Å². The molecule has 1 aromatic carbocycles. The number of benzene rings is 1. The summed E-state index contributed by atoms with van der Waals surface area (Å²) in [6.45, 7) is 7.55. The molecule has 27 heavy (non-hydrogen) atoms. The normalized spacial score (nSPS) is 12.8. The Hall–Kier alpha value is -3.29. The molecule has 142 valence electrons. The number of carbonyl (C=O) groups is 2. The smallest absolute Gasteiger partial charge is 0.340 e. The zero-order valence-electron chi connectivity index (χ0n) is 15.6. The van der Waals surface area contributed by atoms with Gasteiger partial charge in [-0.25, -0.2) is 10.2 Å². The second-order valence-electron chi connectivity index (χ2n) is 6.05. The summed E-state index contributed by atoms with van der Waals surface area (Å²) < 4.78 is 15.6. The highest BCUT2D eigenvalue weighted by Gasteiger charge is 2.21. The topological polar surface area (TPSA) is 102 Å². The van der Waals surface area contributed by atoms with Gasteiger partial charge in [-0.05, 0) is 51.5 Å². The molecule has 1 amide bonds. The first-order chi connectivity index (χ1) is 12.9. The van der Waals surface area contributed by atoms with Crippen molar-refractivity contribution in [3.05, 3.63) is 46.3 Å². The number of nitrogens with zero attached hydrogens (tertiary/aromatic N) is 1. The second kappa shape index (κ2) is 7.53. The number of ether oxygens (including phenoxy) is 3. The van der Waals surface area contributed by atoms with Crippen LogP contribution in [-0.2, 0) is 4.74 Å². The van der Waals surface area contributed by atoms with E-state index in [9.17, 15) is 9.59 Å². The van der Waals surface area contributed by atoms with Crippen LogP contribution in [0, 0.1) is 13.8 Å². The van der Waals surface area contributed by atoms with E-state index in [0.29, 0.717) is 46.3 Å². The first-order valence-corrected chi connectivity index (χ1v) is 8.53. The average molecular weight is 371 g/mol. The van der Waals surface area contributed by atoms with Crippen LogP contribution in [0.3, 0.4) is 0 Å². The van der Waals surface area contributed by atoms with Crippen molar-refractivity contribution in [2.24, 2.45) is 5.10 Å². The third-order valence-electron chi connectivity index (χ3n) is 4.24. The van der Waals surface area contributed by atoms with Crippen molar-refractivity contribution in [3.8, 4) is 11.5 Å². The van der Waals surface area contributed by atoms with Crippen LogP contribution in [0.4, 0.5) is 0 Å². The minimum Gasteiger partial charge on any atom is -0.462 e. The van der Waals surface area contributed by atoms with E-state index in [2.05, 4.69) is 15.5 Å². The highest BCUT2D eigenvalue weighted by atomic mass is 16.7. The van der Waals surface area contributed by atoms with Gasteiger partial charge in [0.1, 0.15) is 0 Å². The van der Waals surface area contributed by atoms with Crippen LogP contribution in [0.1, 0.15) is 51.5 Å². The molecule has 0 unspecified atom stereocenters. The number of aryl methyl sites for hydroxylation is 1. The van der Waals surface area contributed by atoms with Crippen LogP contribution < -0.4 is 14.9 Å². The number of aromatic amines is 1. The number of aromatic nitrogens is 1. The molecule has 8 nitrogen and oxygen atoms in total. The van der Waals surface area contributed by atoms with E-state index in [4.69, 9.17) is 14.2 Å². The largest absolute Gasteiger partial charge is 0.462 e. The molecule has 8 heteroatoms. The highest BCUT2D eigenvalue weighted by molar-refractivity contribution is 6.04. The number of esters is 1. The SMILES string of the molecule is CCOC(=O)c1c(C)[nH]c(C(C)=NNC(=O)c2ccc3c(c2)OCO3)c1C. The zero-order chi connectivity index (χ0) is 19.6. The average Bonchev–Trinajstić information content (AvgIpc) is 3.22. The molecule has 2 aromatic rings. The predicted molar refractivity (Wildman–Crippen MR) is 98.5 cm³/mol. The summed E-state index contributed by atoms with van der Waals surface area (Å²) in [5, 5.41) is 4.15. The molecule has 0 radical (unpaired) electrons. The minimum atomic E-state index is -0.382. The number of fused-ring (bicyclic) bond motifs is 1. The van der Waals surface area contributed by atoms with Gasteiger partial charge in [0.05, 0.1) is 23.6 Å². The number of hydrogen-bond acceptors (Lipinski definition) is 6. The molecule has 0 bridgehead atoms. The summed E-state index contributed by atoms with van der Waals surface area (Å²) in [6, 6.07) is 4.92. The van der Waals surface area contributed by atoms with Gasteiger partial charge >= 0.3 is 5.97 Å². The second-order valence-corrected chi connectivity index (χ2v) is 6.05. The van der Waals surface area contributed by atoms with E-state index in [1.165, 1.54) is 0 Å². The van der Waals surface area contributed by atoms with Gasteiger partial charge in [-0.3, -0.25) is 4.79 Å². The lowest BCUT2D eigenvalue weighted by atomic mass is 10.1. The Morgan fingerprint density at radius 1 is 1.26 bits per heavy atom. The number of H-pyrrole nitrogens is 1. The molecule has 0 atom stereocenters. The monoisotopic (exact) mass is 371 g/mol. The number of rotatable bonds is 5. The Morgan fingerprint density at radius 3 is 2.74 bits per heavy atom. The van der Waals surface area contributed by atoms with Gasteiger partial charge in [-0.1, -0.05) is 0 Å². The fourth-order valence-electron chi connectivity index (χ4n) is 2.91. The van der Waals surface area contributed by atoms with Crippen LogP contribution in [-0.4, -0.2) is 36.0 Å². The van der Waals surface area contributed by atoms with Crippen LogP contribution in [0.15, 0.2) is 23.3 Å². The molecule has 0 saturated carbocycles. The Labute approximate surface area is 156 Å². The summed E-state index contributed by atoms with van der Waals surface area (Å²) in [5.74, 6) is 0.375. The fraction of sp³-hybridized carbons (Fsp3) is 0.316. The van der Waals surface area contributed by atoms with E-state index < -0.39 is 0 Å². The number of hydrazone groups is 1. The number of hydrogen-bond donors (Lipinski definition) is 2. The third kappa shape index (κ3) is 3.64. The Bertz CT molecular complexity index is 930. The van der Waals surface area contributed by atoms with Crippen molar-refractivity contribution >= 4 is 17.6 Å². The molecule has 1 aromatic heterocycles. The molecule has 2 heterocycles. The molecule has 3 rings (SSSR count). The molecule has 0 aliphatic carbocycles. The van der Waals surface area contributed by atoms with Gasteiger partial charge in [0.25, 0.3) is 5.91 Å². The molecular weight excluding hydrogens is 350 g/mol. The first-order valence-electron chi connectivity index (χ1n) is 8.53. The quantitative estimate of drug-likeness (QED) is 0.478. The van der Waals surface area contributed by atoms with Crippen molar-refractivity contribution in [3.63, 3.8) is 0 Å². The maximum absolute atomic E-state index is 12.3. The summed E-state index contributed by atoms with van der Waals surface area (Å²) in [7, 11) is 0. The van der Waals surface area contributed by atoms with Crippen molar-refractivity contribution in [2.75, 3.05) is 13.4 Å². The van der Waals surface area contributed by atoms with Gasteiger partial charge in [0.2, 0.25) is 6.79 Å². The number of carbonyl (C=O) groups excluding carboxylic acids is 2. The van der Waals surface area contributed by atoms with Crippen LogP contribution in [0.5, 0.6) is 11.5 Å². The summed E-state index contributed by atoms with van der Waals surface area (Å²) in [4.78, 5) is 27.6. The summed E-state index contributed by atoms with van der Waals surface area (Å²) in [6.07, 6.45) is 0. The predicted octanol–water partition coefficient (Wildman–Crippen LogP) is 2.69. The van der Waals surface area contributed by atoms with Crippen LogP contribution in [0.2, 0.25) is 0 Å². The first kappa shape index (κ1) is 18.5. The van der Waals surface area contributed by atoms with Crippen molar-refractivity contribution in [1.82, 2.24) is 10.4 Å². The van der Waals surface area contributed by atoms with E-state index in [1.807, 2.05) is 6.92 Å². The van der Waals surface area contributed by atoms with Crippen LogP contribution in [0.25, 0.3) is 0 Å². The van der Waals surface area contributed by atoms with Gasteiger partial charge in [-0.2, -0.15) is 5.10 Å². The number of amides is 1. The summed E-state index contributed by atoms with van der Waals surface area (Å²) in [5.41, 5.74) is 6.04. The molecule has 0 fully saturated rings. The van der Waals surface area contributed by atoms with E-state index >= 15 is 0 Å². The van der Waals surface area contributed by atoms with Crippen molar-refractivity contribution < 1.29 is 23.8 Å². The van der Waals surface area contributed by atoms with E-state index in [1.54, 1.807) is 39.0 Å². The van der Waals surface area contributed by atoms with Crippen molar-refractivity contribution in [1.29, 1.82) is 0 Å². The summed E-state index contributed by atoms with van der Waals surface area (Å²) >= 11 is 0. The third-order valence-corrected chi connectivity index (χ3v) is 4.24. The lowest BCUT2D eigenvalue weighted by molar-refractivity contribution is 0.0524. The minimum absolute atomic E-state index is 0.145. The van der Waals surface area contributed by atoms with Gasteiger partial charge < -0.3 is 19.2 Å². The highest BCUT2D eigenvalue weighted by Crippen LogP contribution is 2.32. The molecule has 0 spiro atoms. The standard InChI is InChI=1S/C19H21N3O5/c1-5-25-19(24)16-10(2)17(20-11(16)3)12(4)21-22-18(23)13-6-7-14-15(8-13)27-9-26-14/h6-8,20H,5,9H2,1-4H3,(H,22,23). The molecule has 2 N–H and O–H groups in total.